The predicted molar refractivity (Wildman–Crippen MR) is 128 cm³/mol. The van der Waals surface area contributed by atoms with Crippen LogP contribution in [0.5, 0.6) is 5.75 Å². The number of halogens is 2. The standard InChI is InChI=1S/C23H22Cl2N2O4S/c1-14-7-8-17(11-15(14)2)27-32(29,30)18-9-10-21(16(3)12-18)31-13-22(28)26-20-6-4-5-19(24)23(20)25/h4-12,27H,13H2,1-3H3,(H,26,28). The lowest BCUT2D eigenvalue weighted by atomic mass is 10.1. The van der Waals surface area contributed by atoms with E-state index in [-0.39, 0.29) is 16.5 Å². The maximum atomic E-state index is 12.8. The molecule has 0 heterocycles. The van der Waals surface area contributed by atoms with Gasteiger partial charge in [-0.05, 0) is 79.9 Å². The molecule has 0 saturated carbocycles. The number of sulfonamides is 1. The van der Waals surface area contributed by atoms with Crippen LogP contribution < -0.4 is 14.8 Å². The molecule has 0 aromatic heterocycles. The van der Waals surface area contributed by atoms with Crippen molar-refractivity contribution in [1.29, 1.82) is 0 Å². The van der Waals surface area contributed by atoms with Gasteiger partial charge in [0, 0.05) is 5.69 Å². The molecular formula is C23H22Cl2N2O4S. The van der Waals surface area contributed by atoms with Gasteiger partial charge in [0.1, 0.15) is 5.75 Å². The SMILES string of the molecule is Cc1ccc(NS(=O)(=O)c2ccc(OCC(=O)Nc3cccc(Cl)c3Cl)c(C)c2)cc1C. The first-order valence-electron chi connectivity index (χ1n) is 9.64. The molecular weight excluding hydrogens is 471 g/mol. The molecule has 3 rings (SSSR count). The molecule has 0 fully saturated rings. The van der Waals surface area contributed by atoms with Crippen LogP contribution in [0.3, 0.4) is 0 Å². The lowest BCUT2D eigenvalue weighted by molar-refractivity contribution is -0.118. The molecule has 0 aliphatic rings. The van der Waals surface area contributed by atoms with Gasteiger partial charge in [0.25, 0.3) is 15.9 Å². The van der Waals surface area contributed by atoms with E-state index in [0.29, 0.717) is 27.7 Å². The van der Waals surface area contributed by atoms with Gasteiger partial charge in [0.15, 0.2) is 6.61 Å². The number of hydrogen-bond donors (Lipinski definition) is 2. The molecule has 0 unspecified atom stereocenters. The number of ether oxygens (including phenoxy) is 1. The molecule has 0 spiro atoms. The van der Waals surface area contributed by atoms with E-state index in [4.69, 9.17) is 27.9 Å². The van der Waals surface area contributed by atoms with Crippen LogP contribution in [0.2, 0.25) is 10.0 Å². The lowest BCUT2D eigenvalue weighted by Gasteiger charge is -2.13. The number of carbonyl (C=O) groups excluding carboxylic acids is 1. The van der Waals surface area contributed by atoms with E-state index < -0.39 is 15.9 Å². The number of benzene rings is 3. The summed E-state index contributed by atoms with van der Waals surface area (Å²) in [4.78, 5) is 12.3. The van der Waals surface area contributed by atoms with Gasteiger partial charge in [-0.25, -0.2) is 8.42 Å². The number of rotatable bonds is 7. The van der Waals surface area contributed by atoms with E-state index in [2.05, 4.69) is 10.0 Å². The summed E-state index contributed by atoms with van der Waals surface area (Å²) in [7, 11) is -3.78. The highest BCUT2D eigenvalue weighted by atomic mass is 35.5. The van der Waals surface area contributed by atoms with Crippen LogP contribution in [0, 0.1) is 20.8 Å². The largest absolute Gasteiger partial charge is 0.483 e. The lowest BCUT2D eigenvalue weighted by Crippen LogP contribution is -2.20. The molecule has 0 saturated heterocycles. The van der Waals surface area contributed by atoms with Crippen molar-refractivity contribution in [3.05, 3.63) is 81.3 Å². The van der Waals surface area contributed by atoms with Gasteiger partial charge in [-0.1, -0.05) is 35.3 Å². The van der Waals surface area contributed by atoms with E-state index in [0.717, 1.165) is 11.1 Å². The zero-order valence-corrected chi connectivity index (χ0v) is 20.0. The van der Waals surface area contributed by atoms with Gasteiger partial charge in [0.2, 0.25) is 0 Å². The Morgan fingerprint density at radius 3 is 2.38 bits per heavy atom. The first-order valence-corrected chi connectivity index (χ1v) is 11.9. The van der Waals surface area contributed by atoms with Crippen molar-refractivity contribution >= 4 is 50.5 Å². The van der Waals surface area contributed by atoms with Crippen molar-refractivity contribution in [3.63, 3.8) is 0 Å². The third kappa shape index (κ3) is 5.73. The molecule has 0 atom stereocenters. The maximum absolute atomic E-state index is 12.8. The van der Waals surface area contributed by atoms with Crippen LogP contribution in [0.15, 0.2) is 59.5 Å². The summed E-state index contributed by atoms with van der Waals surface area (Å²) < 4.78 is 33.6. The van der Waals surface area contributed by atoms with E-state index in [1.807, 2.05) is 19.9 Å². The van der Waals surface area contributed by atoms with Gasteiger partial charge in [-0.15, -0.1) is 0 Å². The highest BCUT2D eigenvalue weighted by Crippen LogP contribution is 2.29. The second kappa shape index (κ2) is 9.81. The quantitative estimate of drug-likeness (QED) is 0.440. The summed E-state index contributed by atoms with van der Waals surface area (Å²) >= 11 is 12.0. The Bertz CT molecular complexity index is 1280. The fraction of sp³-hybridized carbons (Fsp3) is 0.174. The van der Waals surface area contributed by atoms with Crippen LogP contribution in [0.1, 0.15) is 16.7 Å². The molecule has 3 aromatic carbocycles. The average Bonchev–Trinajstić information content (AvgIpc) is 2.73. The second-order valence-corrected chi connectivity index (χ2v) is 9.74. The van der Waals surface area contributed by atoms with Crippen LogP contribution in [0.4, 0.5) is 11.4 Å². The number of carbonyl (C=O) groups is 1. The summed E-state index contributed by atoms with van der Waals surface area (Å²) in [5.41, 5.74) is 3.50. The van der Waals surface area contributed by atoms with Crippen molar-refractivity contribution in [2.45, 2.75) is 25.7 Å². The number of aryl methyl sites for hydroxylation is 3. The maximum Gasteiger partial charge on any atom is 0.262 e. The molecule has 0 bridgehead atoms. The zero-order valence-electron chi connectivity index (χ0n) is 17.7. The first-order chi connectivity index (χ1) is 15.1. The number of amides is 1. The highest BCUT2D eigenvalue weighted by Gasteiger charge is 2.17. The van der Waals surface area contributed by atoms with Crippen molar-refractivity contribution in [1.82, 2.24) is 0 Å². The van der Waals surface area contributed by atoms with Crippen LogP contribution in [-0.2, 0) is 14.8 Å². The van der Waals surface area contributed by atoms with Gasteiger partial charge in [-0.2, -0.15) is 0 Å². The Kier molecular flexibility index (Phi) is 7.33. The minimum Gasteiger partial charge on any atom is -0.483 e. The number of anilines is 2. The minimum atomic E-state index is -3.78. The van der Waals surface area contributed by atoms with Gasteiger partial charge >= 0.3 is 0 Å². The van der Waals surface area contributed by atoms with Crippen LogP contribution in [-0.4, -0.2) is 20.9 Å². The summed E-state index contributed by atoms with van der Waals surface area (Å²) in [5.74, 6) is -0.0378. The zero-order chi connectivity index (χ0) is 23.5. The normalized spacial score (nSPS) is 11.2. The molecule has 3 aromatic rings. The Balaban J connectivity index is 1.67. The van der Waals surface area contributed by atoms with E-state index in [1.54, 1.807) is 37.3 Å². The van der Waals surface area contributed by atoms with E-state index >= 15 is 0 Å². The molecule has 0 aliphatic heterocycles. The molecule has 0 aliphatic carbocycles. The summed E-state index contributed by atoms with van der Waals surface area (Å²) in [6, 6.07) is 14.7. The summed E-state index contributed by atoms with van der Waals surface area (Å²) in [5, 5.41) is 3.19. The van der Waals surface area contributed by atoms with Crippen LogP contribution in [0.25, 0.3) is 0 Å². The molecule has 168 valence electrons. The van der Waals surface area contributed by atoms with Gasteiger partial charge < -0.3 is 10.1 Å². The Hall–Kier alpha value is -2.74. The topological polar surface area (TPSA) is 84.5 Å². The smallest absolute Gasteiger partial charge is 0.262 e. The molecule has 32 heavy (non-hydrogen) atoms. The number of nitrogens with one attached hydrogen (secondary N) is 2. The predicted octanol–water partition coefficient (Wildman–Crippen LogP) is 5.74. The number of hydrogen-bond acceptors (Lipinski definition) is 4. The fourth-order valence-electron chi connectivity index (χ4n) is 2.90. The third-order valence-corrected chi connectivity index (χ3v) is 7.00. The second-order valence-electron chi connectivity index (χ2n) is 7.27. The van der Waals surface area contributed by atoms with Gasteiger partial charge in [0.05, 0.1) is 20.6 Å². The summed E-state index contributed by atoms with van der Waals surface area (Å²) in [6.45, 7) is 5.30. The fourth-order valence-corrected chi connectivity index (χ4v) is 4.38. The van der Waals surface area contributed by atoms with Crippen LogP contribution >= 0.6 is 23.2 Å². The van der Waals surface area contributed by atoms with Crippen molar-refractivity contribution in [2.75, 3.05) is 16.6 Å². The third-order valence-electron chi connectivity index (χ3n) is 4.80. The average molecular weight is 493 g/mol. The molecule has 6 nitrogen and oxygen atoms in total. The molecule has 2 N–H and O–H groups in total. The van der Waals surface area contributed by atoms with Gasteiger partial charge in [-0.3, -0.25) is 9.52 Å². The Labute approximate surface area is 197 Å². The Morgan fingerprint density at radius 2 is 1.69 bits per heavy atom. The van der Waals surface area contributed by atoms with Crippen molar-refractivity contribution in [2.24, 2.45) is 0 Å². The molecule has 1 amide bonds. The van der Waals surface area contributed by atoms with E-state index in [1.165, 1.54) is 18.2 Å². The molecule has 0 radical (unpaired) electrons. The molecule has 9 heteroatoms. The monoisotopic (exact) mass is 492 g/mol. The van der Waals surface area contributed by atoms with Crippen molar-refractivity contribution in [3.8, 4) is 5.75 Å². The minimum absolute atomic E-state index is 0.0933. The highest BCUT2D eigenvalue weighted by molar-refractivity contribution is 7.92. The summed E-state index contributed by atoms with van der Waals surface area (Å²) in [6.07, 6.45) is 0. The Morgan fingerprint density at radius 1 is 0.938 bits per heavy atom. The van der Waals surface area contributed by atoms with E-state index in [9.17, 15) is 13.2 Å². The van der Waals surface area contributed by atoms with Crippen molar-refractivity contribution < 1.29 is 17.9 Å². The first kappa shape index (κ1) is 23.9.